The number of amides is 1. The van der Waals surface area contributed by atoms with Crippen LogP contribution in [0.5, 0.6) is 5.75 Å². The van der Waals surface area contributed by atoms with E-state index >= 15 is 0 Å². The van der Waals surface area contributed by atoms with Crippen molar-refractivity contribution in [1.29, 1.82) is 0 Å². The average Bonchev–Trinajstić information content (AvgIpc) is 2.53. The third-order valence-electron chi connectivity index (χ3n) is 3.83. The van der Waals surface area contributed by atoms with E-state index in [4.69, 9.17) is 9.47 Å². The third kappa shape index (κ3) is 3.60. The van der Waals surface area contributed by atoms with Gasteiger partial charge in [0.25, 0.3) is 0 Å². The molecule has 0 radical (unpaired) electrons. The summed E-state index contributed by atoms with van der Waals surface area (Å²) in [5.41, 5.74) is 2.71. The zero-order valence-electron chi connectivity index (χ0n) is 14.0. The largest absolute Gasteiger partial charge is 0.489 e. The van der Waals surface area contributed by atoms with Crippen LogP contribution in [0.1, 0.15) is 32.8 Å². The van der Waals surface area contributed by atoms with Crippen molar-refractivity contribution in [1.82, 2.24) is 4.90 Å². The van der Waals surface area contributed by atoms with Gasteiger partial charge in [-0.15, -0.1) is 0 Å². The lowest BCUT2D eigenvalue weighted by molar-refractivity contribution is 0.0273. The molecule has 23 heavy (non-hydrogen) atoms. The minimum atomic E-state index is -0.475. The highest BCUT2D eigenvalue weighted by Gasteiger charge is 2.26. The first-order valence-electron chi connectivity index (χ1n) is 8.11. The van der Waals surface area contributed by atoms with E-state index in [-0.39, 0.29) is 6.09 Å². The smallest absolute Gasteiger partial charge is 0.410 e. The monoisotopic (exact) mass is 316 g/mol. The Labute approximate surface area is 137 Å². The molecular formula is C18H24N2O3. The van der Waals surface area contributed by atoms with Crippen molar-refractivity contribution in [2.75, 3.05) is 31.6 Å². The maximum absolute atomic E-state index is 12.3. The molecule has 0 fully saturated rings. The molecule has 0 aromatic heterocycles. The highest BCUT2D eigenvalue weighted by atomic mass is 16.6. The Morgan fingerprint density at radius 1 is 1.35 bits per heavy atom. The quantitative estimate of drug-likeness (QED) is 0.861. The van der Waals surface area contributed by atoms with Crippen LogP contribution < -0.4 is 10.1 Å². The van der Waals surface area contributed by atoms with Gasteiger partial charge < -0.3 is 19.7 Å². The molecule has 0 aliphatic carbocycles. The van der Waals surface area contributed by atoms with Crippen molar-refractivity contribution >= 4 is 17.4 Å². The summed E-state index contributed by atoms with van der Waals surface area (Å²) < 4.78 is 11.3. The Balaban J connectivity index is 1.79. The number of hydrogen-bond donors (Lipinski definition) is 1. The van der Waals surface area contributed by atoms with Crippen molar-refractivity contribution < 1.29 is 14.3 Å². The SMILES string of the molecule is CC(C)(C)OC(=O)N1CCC=C(c2cccc3c2OCCN3)C1. The summed E-state index contributed by atoms with van der Waals surface area (Å²) >= 11 is 0. The van der Waals surface area contributed by atoms with E-state index in [1.807, 2.05) is 32.9 Å². The first-order valence-corrected chi connectivity index (χ1v) is 8.11. The second kappa shape index (κ2) is 6.14. The normalized spacial score (nSPS) is 17.5. The van der Waals surface area contributed by atoms with Gasteiger partial charge in [0.15, 0.2) is 0 Å². The van der Waals surface area contributed by atoms with Crippen LogP contribution in [-0.4, -0.2) is 42.8 Å². The number of anilines is 1. The molecule has 124 valence electrons. The van der Waals surface area contributed by atoms with E-state index in [2.05, 4.69) is 17.5 Å². The van der Waals surface area contributed by atoms with Crippen molar-refractivity contribution in [3.8, 4) is 5.75 Å². The molecule has 1 N–H and O–H groups in total. The van der Waals surface area contributed by atoms with E-state index in [1.54, 1.807) is 4.90 Å². The predicted molar refractivity (Wildman–Crippen MR) is 90.8 cm³/mol. The minimum absolute atomic E-state index is 0.257. The molecule has 0 spiro atoms. The molecule has 5 nitrogen and oxygen atoms in total. The second-order valence-corrected chi connectivity index (χ2v) is 6.88. The van der Waals surface area contributed by atoms with Gasteiger partial charge in [0.05, 0.1) is 5.69 Å². The van der Waals surface area contributed by atoms with Gasteiger partial charge in [-0.05, 0) is 38.8 Å². The van der Waals surface area contributed by atoms with Crippen LogP contribution >= 0.6 is 0 Å². The lowest BCUT2D eigenvalue weighted by Gasteiger charge is -2.31. The van der Waals surface area contributed by atoms with Crippen molar-refractivity contribution in [2.24, 2.45) is 0 Å². The van der Waals surface area contributed by atoms with Crippen LogP contribution in [-0.2, 0) is 4.74 Å². The Morgan fingerprint density at radius 2 is 2.17 bits per heavy atom. The predicted octanol–water partition coefficient (Wildman–Crippen LogP) is 3.52. The highest BCUT2D eigenvalue weighted by molar-refractivity contribution is 5.81. The Bertz CT molecular complexity index is 632. The van der Waals surface area contributed by atoms with Crippen LogP contribution in [0.15, 0.2) is 24.3 Å². The van der Waals surface area contributed by atoms with Gasteiger partial charge in [0.2, 0.25) is 0 Å². The molecule has 0 unspecified atom stereocenters. The Morgan fingerprint density at radius 3 is 2.96 bits per heavy atom. The fourth-order valence-corrected chi connectivity index (χ4v) is 2.84. The summed E-state index contributed by atoms with van der Waals surface area (Å²) in [6.07, 6.45) is 2.76. The third-order valence-corrected chi connectivity index (χ3v) is 3.83. The summed E-state index contributed by atoms with van der Waals surface area (Å²) in [4.78, 5) is 14.1. The van der Waals surface area contributed by atoms with E-state index < -0.39 is 5.60 Å². The van der Waals surface area contributed by atoms with Crippen LogP contribution in [0.4, 0.5) is 10.5 Å². The number of fused-ring (bicyclic) bond motifs is 1. The number of hydrogen-bond acceptors (Lipinski definition) is 4. The first kappa shape index (κ1) is 15.7. The molecule has 0 saturated heterocycles. The zero-order valence-corrected chi connectivity index (χ0v) is 14.0. The van der Waals surface area contributed by atoms with Gasteiger partial charge in [-0.1, -0.05) is 18.2 Å². The van der Waals surface area contributed by atoms with E-state index in [0.29, 0.717) is 19.7 Å². The van der Waals surface area contributed by atoms with Crippen molar-refractivity contribution in [2.45, 2.75) is 32.8 Å². The molecule has 1 amide bonds. The van der Waals surface area contributed by atoms with Gasteiger partial charge in [0, 0.05) is 25.2 Å². The van der Waals surface area contributed by atoms with Gasteiger partial charge in [-0.2, -0.15) is 0 Å². The standard InChI is InChI=1S/C18H24N2O3/c1-18(2,3)23-17(21)20-10-5-6-13(12-20)14-7-4-8-15-16(14)22-11-9-19-15/h4,6-8,19H,5,9-12H2,1-3H3. The van der Waals surface area contributed by atoms with E-state index in [9.17, 15) is 4.79 Å². The lowest BCUT2D eigenvalue weighted by atomic mass is 9.99. The summed E-state index contributed by atoms with van der Waals surface area (Å²) in [6.45, 7) is 8.38. The molecule has 3 rings (SSSR count). The number of para-hydroxylation sites is 1. The molecule has 0 atom stereocenters. The zero-order chi connectivity index (χ0) is 16.4. The van der Waals surface area contributed by atoms with Crippen molar-refractivity contribution in [3.63, 3.8) is 0 Å². The summed E-state index contributed by atoms with van der Waals surface area (Å²) in [5.74, 6) is 0.885. The molecular weight excluding hydrogens is 292 g/mol. The summed E-state index contributed by atoms with van der Waals surface area (Å²) in [6, 6.07) is 6.09. The summed E-state index contributed by atoms with van der Waals surface area (Å²) in [5, 5.41) is 3.35. The molecule has 0 bridgehead atoms. The Kier molecular flexibility index (Phi) is 4.20. The maximum atomic E-state index is 12.3. The van der Waals surface area contributed by atoms with Crippen LogP contribution in [0.25, 0.3) is 5.57 Å². The lowest BCUT2D eigenvalue weighted by Crippen LogP contribution is -2.39. The van der Waals surface area contributed by atoms with Crippen molar-refractivity contribution in [3.05, 3.63) is 29.8 Å². The van der Waals surface area contributed by atoms with Gasteiger partial charge in [-0.3, -0.25) is 0 Å². The van der Waals surface area contributed by atoms with Gasteiger partial charge in [-0.25, -0.2) is 4.79 Å². The molecule has 5 heteroatoms. The van der Waals surface area contributed by atoms with Crippen LogP contribution in [0.3, 0.4) is 0 Å². The molecule has 0 saturated carbocycles. The molecule has 2 heterocycles. The summed E-state index contributed by atoms with van der Waals surface area (Å²) in [7, 11) is 0. The fourth-order valence-electron chi connectivity index (χ4n) is 2.84. The number of carbonyl (C=O) groups excluding carboxylic acids is 1. The minimum Gasteiger partial charge on any atom is -0.489 e. The molecule has 1 aromatic carbocycles. The number of nitrogens with zero attached hydrogens (tertiary/aromatic N) is 1. The number of carbonyl (C=O) groups is 1. The van der Waals surface area contributed by atoms with E-state index in [1.165, 1.54) is 0 Å². The molecule has 2 aliphatic heterocycles. The molecule has 1 aromatic rings. The van der Waals surface area contributed by atoms with Crippen LogP contribution in [0, 0.1) is 0 Å². The fraction of sp³-hybridized carbons (Fsp3) is 0.500. The molecule has 2 aliphatic rings. The van der Waals surface area contributed by atoms with Gasteiger partial charge >= 0.3 is 6.09 Å². The first-order chi connectivity index (χ1) is 10.9. The van der Waals surface area contributed by atoms with Gasteiger partial charge in [0.1, 0.15) is 18.0 Å². The second-order valence-electron chi connectivity index (χ2n) is 6.88. The maximum Gasteiger partial charge on any atom is 0.410 e. The topological polar surface area (TPSA) is 50.8 Å². The van der Waals surface area contributed by atoms with E-state index in [0.717, 1.165) is 35.5 Å². The number of nitrogens with one attached hydrogen (secondary N) is 1. The highest BCUT2D eigenvalue weighted by Crippen LogP contribution is 2.36. The Hall–Kier alpha value is -2.17. The number of ether oxygens (including phenoxy) is 2. The van der Waals surface area contributed by atoms with Crippen LogP contribution in [0.2, 0.25) is 0 Å². The average molecular weight is 316 g/mol. The number of benzene rings is 1. The number of rotatable bonds is 1.